The monoisotopic (exact) mass is 198 g/mol. The van der Waals surface area contributed by atoms with Crippen molar-refractivity contribution in [1.82, 2.24) is 0 Å². The predicted octanol–water partition coefficient (Wildman–Crippen LogP) is 0.734. The van der Waals surface area contributed by atoms with Crippen molar-refractivity contribution in [1.29, 1.82) is 0 Å². The Labute approximate surface area is 82.6 Å². The smallest absolute Gasteiger partial charge is 0.310 e. The fraction of sp³-hybridized carbons (Fsp3) is 0.700. The van der Waals surface area contributed by atoms with Crippen molar-refractivity contribution in [2.75, 3.05) is 6.61 Å². The average Bonchev–Trinajstić information content (AvgIpc) is 2.79. The summed E-state index contributed by atoms with van der Waals surface area (Å²) >= 11 is 0. The maximum absolute atomic E-state index is 11.3. The van der Waals surface area contributed by atoms with Crippen molar-refractivity contribution >= 4 is 17.5 Å². The van der Waals surface area contributed by atoms with E-state index in [0.29, 0.717) is 6.42 Å². The molecule has 0 aromatic carbocycles. The van der Waals surface area contributed by atoms with E-state index in [-0.39, 0.29) is 18.2 Å². The fourth-order valence-electron chi connectivity index (χ4n) is 1.82. The fourth-order valence-corrected chi connectivity index (χ4v) is 1.82. The third kappa shape index (κ3) is 1.45. The second kappa shape index (κ2) is 3.52. The Balaban J connectivity index is 2.76. The van der Waals surface area contributed by atoms with Gasteiger partial charge >= 0.3 is 5.97 Å². The highest BCUT2D eigenvalue weighted by molar-refractivity contribution is 6.12. The van der Waals surface area contributed by atoms with Gasteiger partial charge in [-0.2, -0.15) is 0 Å². The summed E-state index contributed by atoms with van der Waals surface area (Å²) in [5.74, 6) is -1.44. The van der Waals surface area contributed by atoms with Crippen LogP contribution in [-0.4, -0.2) is 24.1 Å². The highest BCUT2D eigenvalue weighted by atomic mass is 16.5. The van der Waals surface area contributed by atoms with Gasteiger partial charge in [-0.1, -0.05) is 0 Å². The molecule has 0 aromatic heterocycles. The van der Waals surface area contributed by atoms with Crippen LogP contribution in [0, 0.1) is 11.3 Å². The molecule has 0 amide bonds. The Morgan fingerprint density at radius 3 is 2.07 bits per heavy atom. The average molecular weight is 198 g/mol. The van der Waals surface area contributed by atoms with Crippen molar-refractivity contribution in [3.05, 3.63) is 0 Å². The predicted molar refractivity (Wildman–Crippen MR) is 48.5 cm³/mol. The summed E-state index contributed by atoms with van der Waals surface area (Å²) < 4.78 is 4.78. The SMILES string of the molecule is CCOC(=O)C1CC1(C(C)=O)C(C)=O. The van der Waals surface area contributed by atoms with Crippen LogP contribution in [0.15, 0.2) is 0 Å². The lowest BCUT2D eigenvalue weighted by atomic mass is 9.94. The third-order valence-electron chi connectivity index (χ3n) is 2.79. The van der Waals surface area contributed by atoms with Crippen molar-refractivity contribution < 1.29 is 19.1 Å². The minimum Gasteiger partial charge on any atom is -0.466 e. The standard InChI is InChI=1S/C10H14O4/c1-4-14-9(13)8-5-10(8,6(2)11)7(3)12/h8H,4-5H2,1-3H3. The number of ether oxygens (including phenoxy) is 1. The first-order chi connectivity index (χ1) is 6.46. The zero-order chi connectivity index (χ0) is 10.9. The minimum absolute atomic E-state index is 0.233. The van der Waals surface area contributed by atoms with E-state index in [1.807, 2.05) is 0 Å². The lowest BCUT2D eigenvalue weighted by Crippen LogP contribution is -2.27. The molecule has 0 aliphatic heterocycles. The summed E-state index contributed by atoms with van der Waals surface area (Å²) in [5.41, 5.74) is -1.06. The maximum atomic E-state index is 11.3. The molecule has 78 valence electrons. The molecule has 1 aliphatic carbocycles. The first kappa shape index (κ1) is 10.9. The summed E-state index contributed by atoms with van der Waals surface area (Å²) in [6.07, 6.45) is 0.316. The highest BCUT2D eigenvalue weighted by Gasteiger charge is 2.65. The Morgan fingerprint density at radius 2 is 1.79 bits per heavy atom. The van der Waals surface area contributed by atoms with E-state index in [1.165, 1.54) is 13.8 Å². The molecular weight excluding hydrogens is 184 g/mol. The molecule has 0 aromatic rings. The van der Waals surface area contributed by atoms with Crippen LogP contribution in [-0.2, 0) is 19.1 Å². The van der Waals surface area contributed by atoms with Gasteiger partial charge in [0.2, 0.25) is 0 Å². The topological polar surface area (TPSA) is 60.4 Å². The molecule has 1 atom stereocenters. The maximum Gasteiger partial charge on any atom is 0.310 e. The molecule has 1 unspecified atom stereocenters. The first-order valence-corrected chi connectivity index (χ1v) is 4.65. The number of ketones is 2. The molecular formula is C10H14O4. The Kier molecular flexibility index (Phi) is 2.73. The van der Waals surface area contributed by atoms with Crippen LogP contribution in [0.3, 0.4) is 0 Å². The normalized spacial score (nSPS) is 22.6. The van der Waals surface area contributed by atoms with Crippen LogP contribution >= 0.6 is 0 Å². The van der Waals surface area contributed by atoms with Gasteiger partial charge in [0.15, 0.2) is 0 Å². The van der Waals surface area contributed by atoms with Gasteiger partial charge in [-0.15, -0.1) is 0 Å². The van der Waals surface area contributed by atoms with E-state index < -0.39 is 17.3 Å². The Hall–Kier alpha value is -1.19. The van der Waals surface area contributed by atoms with Gasteiger partial charge in [0.05, 0.1) is 12.5 Å². The van der Waals surface area contributed by atoms with Gasteiger partial charge in [-0.05, 0) is 27.2 Å². The number of esters is 1. The van der Waals surface area contributed by atoms with Crippen LogP contribution in [0.1, 0.15) is 27.2 Å². The van der Waals surface area contributed by atoms with Gasteiger partial charge in [0.1, 0.15) is 17.0 Å². The van der Waals surface area contributed by atoms with Crippen LogP contribution in [0.4, 0.5) is 0 Å². The molecule has 0 saturated heterocycles. The summed E-state index contributed by atoms with van der Waals surface area (Å²) in [4.78, 5) is 33.8. The van der Waals surface area contributed by atoms with Crippen molar-refractivity contribution in [3.63, 3.8) is 0 Å². The molecule has 14 heavy (non-hydrogen) atoms. The minimum atomic E-state index is -1.06. The van der Waals surface area contributed by atoms with Gasteiger partial charge < -0.3 is 4.74 Å². The molecule has 1 rings (SSSR count). The van der Waals surface area contributed by atoms with E-state index in [1.54, 1.807) is 6.92 Å². The van der Waals surface area contributed by atoms with E-state index in [2.05, 4.69) is 0 Å². The van der Waals surface area contributed by atoms with E-state index in [4.69, 9.17) is 4.74 Å². The molecule has 0 heterocycles. The highest BCUT2D eigenvalue weighted by Crippen LogP contribution is 2.54. The summed E-state index contributed by atoms with van der Waals surface area (Å²) in [7, 11) is 0. The zero-order valence-corrected chi connectivity index (χ0v) is 8.62. The summed E-state index contributed by atoms with van der Waals surface area (Å²) in [6.45, 7) is 4.67. The van der Waals surface area contributed by atoms with Crippen LogP contribution in [0.25, 0.3) is 0 Å². The molecule has 0 spiro atoms. The molecule has 1 aliphatic rings. The molecule has 1 saturated carbocycles. The molecule has 4 nitrogen and oxygen atoms in total. The van der Waals surface area contributed by atoms with Crippen LogP contribution in [0.5, 0.6) is 0 Å². The zero-order valence-electron chi connectivity index (χ0n) is 8.62. The van der Waals surface area contributed by atoms with E-state index >= 15 is 0 Å². The lowest BCUT2D eigenvalue weighted by molar-refractivity contribution is -0.149. The number of rotatable bonds is 4. The summed E-state index contributed by atoms with van der Waals surface area (Å²) in [6, 6.07) is 0. The lowest BCUT2D eigenvalue weighted by Gasteiger charge is -2.08. The van der Waals surface area contributed by atoms with Gasteiger partial charge in [-0.3, -0.25) is 14.4 Å². The van der Waals surface area contributed by atoms with Crippen LogP contribution < -0.4 is 0 Å². The molecule has 0 N–H and O–H groups in total. The quantitative estimate of drug-likeness (QED) is 0.493. The van der Waals surface area contributed by atoms with Crippen molar-refractivity contribution in [3.8, 4) is 0 Å². The second-order valence-electron chi connectivity index (χ2n) is 3.59. The van der Waals surface area contributed by atoms with E-state index in [9.17, 15) is 14.4 Å². The molecule has 4 heteroatoms. The van der Waals surface area contributed by atoms with Crippen molar-refractivity contribution in [2.45, 2.75) is 27.2 Å². The third-order valence-corrected chi connectivity index (χ3v) is 2.79. The number of Topliss-reactive ketones (excluding diaryl/α,β-unsaturated/α-hetero) is 2. The van der Waals surface area contributed by atoms with E-state index in [0.717, 1.165) is 0 Å². The number of carbonyl (C=O) groups is 3. The van der Waals surface area contributed by atoms with Gasteiger partial charge in [-0.25, -0.2) is 0 Å². The molecule has 1 fully saturated rings. The molecule has 0 radical (unpaired) electrons. The molecule has 0 bridgehead atoms. The number of carbonyl (C=O) groups excluding carboxylic acids is 3. The first-order valence-electron chi connectivity index (χ1n) is 4.65. The second-order valence-corrected chi connectivity index (χ2v) is 3.59. The van der Waals surface area contributed by atoms with Gasteiger partial charge in [0, 0.05) is 0 Å². The summed E-state index contributed by atoms with van der Waals surface area (Å²) in [5, 5.41) is 0. The number of hydrogen-bond donors (Lipinski definition) is 0. The number of hydrogen-bond acceptors (Lipinski definition) is 4. The van der Waals surface area contributed by atoms with Gasteiger partial charge in [0.25, 0.3) is 0 Å². The Bertz CT molecular complexity index is 278. The van der Waals surface area contributed by atoms with Crippen LogP contribution in [0.2, 0.25) is 0 Å². The Morgan fingerprint density at radius 1 is 1.29 bits per heavy atom. The van der Waals surface area contributed by atoms with Crippen molar-refractivity contribution in [2.24, 2.45) is 11.3 Å². The largest absolute Gasteiger partial charge is 0.466 e.